The van der Waals surface area contributed by atoms with E-state index in [1.807, 2.05) is 18.5 Å². The number of nitrogens with zero attached hydrogens (tertiary/aromatic N) is 1. The number of aromatic nitrogens is 1. The maximum absolute atomic E-state index is 5.64. The first-order valence-corrected chi connectivity index (χ1v) is 7.61. The molecule has 1 aliphatic rings. The molecule has 0 radical (unpaired) electrons. The van der Waals surface area contributed by atoms with E-state index in [1.54, 1.807) is 0 Å². The quantitative estimate of drug-likeness (QED) is 0.792. The summed E-state index contributed by atoms with van der Waals surface area (Å²) in [6, 6.07) is 10.2. The molecule has 4 heteroatoms. The Morgan fingerprint density at radius 3 is 2.45 bits per heavy atom. The Labute approximate surface area is 127 Å². The van der Waals surface area contributed by atoms with Crippen molar-refractivity contribution in [2.75, 3.05) is 13.2 Å². The van der Waals surface area contributed by atoms with Crippen molar-refractivity contribution in [3.05, 3.63) is 53.9 Å². The van der Waals surface area contributed by atoms with Gasteiger partial charge < -0.3 is 9.47 Å². The third-order valence-electron chi connectivity index (χ3n) is 3.56. The van der Waals surface area contributed by atoms with Crippen LogP contribution in [0.15, 0.2) is 42.7 Å². The molecular formula is C16H16BrNO2. The number of hydrogen-bond acceptors (Lipinski definition) is 3. The van der Waals surface area contributed by atoms with Crippen molar-refractivity contribution in [1.82, 2.24) is 4.98 Å². The Hall–Kier alpha value is -1.55. The molecule has 3 nitrogen and oxygen atoms in total. The van der Waals surface area contributed by atoms with Gasteiger partial charge in [-0.05, 0) is 41.3 Å². The first-order valence-electron chi connectivity index (χ1n) is 6.69. The minimum absolute atomic E-state index is 0.223. The van der Waals surface area contributed by atoms with Gasteiger partial charge >= 0.3 is 0 Å². The molecule has 0 spiro atoms. The molecule has 1 aromatic heterocycles. The molecule has 2 atom stereocenters. The van der Waals surface area contributed by atoms with E-state index in [4.69, 9.17) is 9.47 Å². The fraction of sp³-hybridized carbons (Fsp3) is 0.312. The normalized spacial score (nSPS) is 16.5. The van der Waals surface area contributed by atoms with Crippen LogP contribution in [0.5, 0.6) is 11.5 Å². The average Bonchev–Trinajstić information content (AvgIpc) is 2.54. The highest BCUT2D eigenvalue weighted by molar-refractivity contribution is 9.09. The summed E-state index contributed by atoms with van der Waals surface area (Å²) in [5.74, 6) is 2.01. The molecule has 0 saturated heterocycles. The molecule has 0 saturated carbocycles. The number of rotatable bonds is 3. The number of halogens is 1. The molecule has 104 valence electrons. The molecular weight excluding hydrogens is 318 g/mol. The van der Waals surface area contributed by atoms with Gasteiger partial charge in [0.05, 0.1) is 0 Å². The zero-order valence-electron chi connectivity index (χ0n) is 11.3. The van der Waals surface area contributed by atoms with Crippen molar-refractivity contribution in [3.8, 4) is 11.5 Å². The third-order valence-corrected chi connectivity index (χ3v) is 4.88. The highest BCUT2D eigenvalue weighted by Crippen LogP contribution is 2.41. The molecule has 0 N–H and O–H groups in total. The van der Waals surface area contributed by atoms with E-state index in [9.17, 15) is 0 Å². The van der Waals surface area contributed by atoms with E-state index < -0.39 is 0 Å². The molecule has 20 heavy (non-hydrogen) atoms. The molecule has 1 aliphatic heterocycles. The van der Waals surface area contributed by atoms with Gasteiger partial charge in [-0.1, -0.05) is 28.9 Å². The van der Waals surface area contributed by atoms with Crippen LogP contribution in [-0.4, -0.2) is 18.2 Å². The summed E-state index contributed by atoms with van der Waals surface area (Å²) in [4.78, 5) is 4.29. The molecule has 1 aromatic carbocycles. The molecule has 0 aliphatic carbocycles. The lowest BCUT2D eigenvalue weighted by Gasteiger charge is -2.23. The van der Waals surface area contributed by atoms with Crippen LogP contribution in [0.4, 0.5) is 0 Å². The summed E-state index contributed by atoms with van der Waals surface area (Å²) in [5.41, 5.74) is 2.45. The molecule has 2 aromatic rings. The maximum atomic E-state index is 5.64. The predicted octanol–water partition coefficient (Wildman–Crippen LogP) is 4.09. The second kappa shape index (κ2) is 5.83. The molecule has 0 fully saturated rings. The first-order chi connectivity index (χ1) is 9.75. The highest BCUT2D eigenvalue weighted by Gasteiger charge is 2.20. The summed E-state index contributed by atoms with van der Waals surface area (Å²) in [6.07, 6.45) is 3.66. The van der Waals surface area contributed by atoms with Crippen LogP contribution in [-0.2, 0) is 0 Å². The SMILES string of the molecule is CC(c1ccncc1)C(Br)c1ccc2c(c1)OCCO2. The van der Waals surface area contributed by atoms with Crippen molar-refractivity contribution in [2.45, 2.75) is 17.7 Å². The first kappa shape index (κ1) is 13.4. The van der Waals surface area contributed by atoms with Crippen molar-refractivity contribution >= 4 is 15.9 Å². The number of alkyl halides is 1. The number of hydrogen-bond donors (Lipinski definition) is 0. The van der Waals surface area contributed by atoms with Gasteiger partial charge in [-0.3, -0.25) is 4.98 Å². The van der Waals surface area contributed by atoms with Gasteiger partial charge in [0.1, 0.15) is 13.2 Å². The van der Waals surface area contributed by atoms with E-state index in [-0.39, 0.29) is 4.83 Å². The zero-order valence-corrected chi connectivity index (χ0v) is 12.8. The van der Waals surface area contributed by atoms with Crippen LogP contribution in [0.3, 0.4) is 0 Å². The van der Waals surface area contributed by atoms with Crippen LogP contribution in [0.2, 0.25) is 0 Å². The largest absolute Gasteiger partial charge is 0.486 e. The Morgan fingerprint density at radius 1 is 1.00 bits per heavy atom. The number of benzene rings is 1. The zero-order chi connectivity index (χ0) is 13.9. The molecule has 2 heterocycles. The van der Waals surface area contributed by atoms with E-state index in [0.717, 1.165) is 11.5 Å². The predicted molar refractivity (Wildman–Crippen MR) is 81.8 cm³/mol. The van der Waals surface area contributed by atoms with Gasteiger partial charge in [0.2, 0.25) is 0 Å². The summed E-state index contributed by atoms with van der Waals surface area (Å²) in [6.45, 7) is 3.44. The minimum atomic E-state index is 0.223. The fourth-order valence-corrected chi connectivity index (χ4v) is 2.95. The average molecular weight is 334 g/mol. The van der Waals surface area contributed by atoms with Gasteiger partial charge in [-0.2, -0.15) is 0 Å². The minimum Gasteiger partial charge on any atom is -0.486 e. The fourth-order valence-electron chi connectivity index (χ4n) is 2.36. The van der Waals surface area contributed by atoms with Gasteiger partial charge in [0.25, 0.3) is 0 Å². The number of pyridine rings is 1. The summed E-state index contributed by atoms with van der Waals surface area (Å²) >= 11 is 3.80. The van der Waals surface area contributed by atoms with Crippen molar-refractivity contribution in [1.29, 1.82) is 0 Å². The third kappa shape index (κ3) is 2.66. The highest BCUT2D eigenvalue weighted by atomic mass is 79.9. The number of ether oxygens (including phenoxy) is 2. The monoisotopic (exact) mass is 333 g/mol. The summed E-state index contributed by atoms with van der Waals surface area (Å²) in [5, 5.41) is 0. The van der Waals surface area contributed by atoms with E-state index in [2.05, 4.69) is 52.1 Å². The Bertz CT molecular complexity index is 588. The van der Waals surface area contributed by atoms with Gasteiger partial charge in [-0.25, -0.2) is 0 Å². The molecule has 2 unspecified atom stereocenters. The Morgan fingerprint density at radius 2 is 1.70 bits per heavy atom. The summed E-state index contributed by atoms with van der Waals surface area (Å²) < 4.78 is 11.2. The molecule has 0 bridgehead atoms. The standard InChI is InChI=1S/C16H16BrNO2/c1-11(12-4-6-18-7-5-12)16(17)13-2-3-14-15(10-13)20-9-8-19-14/h2-7,10-11,16H,8-9H2,1H3. The Kier molecular flexibility index (Phi) is 3.92. The van der Waals surface area contributed by atoms with Gasteiger partial charge in [-0.15, -0.1) is 0 Å². The van der Waals surface area contributed by atoms with E-state index in [0.29, 0.717) is 19.1 Å². The van der Waals surface area contributed by atoms with Crippen molar-refractivity contribution in [3.63, 3.8) is 0 Å². The second-order valence-electron chi connectivity index (χ2n) is 4.87. The molecule has 0 amide bonds. The van der Waals surface area contributed by atoms with E-state index in [1.165, 1.54) is 11.1 Å². The van der Waals surface area contributed by atoms with Gasteiger partial charge in [0.15, 0.2) is 11.5 Å². The smallest absolute Gasteiger partial charge is 0.161 e. The van der Waals surface area contributed by atoms with Crippen LogP contribution >= 0.6 is 15.9 Å². The van der Waals surface area contributed by atoms with Crippen LogP contribution < -0.4 is 9.47 Å². The Balaban J connectivity index is 1.85. The molecule has 3 rings (SSSR count). The summed E-state index contributed by atoms with van der Waals surface area (Å²) in [7, 11) is 0. The van der Waals surface area contributed by atoms with Crippen molar-refractivity contribution in [2.24, 2.45) is 0 Å². The number of fused-ring (bicyclic) bond motifs is 1. The van der Waals surface area contributed by atoms with E-state index >= 15 is 0 Å². The van der Waals surface area contributed by atoms with Crippen LogP contribution in [0.1, 0.15) is 28.8 Å². The van der Waals surface area contributed by atoms with Crippen LogP contribution in [0.25, 0.3) is 0 Å². The van der Waals surface area contributed by atoms with Crippen molar-refractivity contribution < 1.29 is 9.47 Å². The van der Waals surface area contributed by atoms with Gasteiger partial charge in [0, 0.05) is 17.2 Å². The lowest BCUT2D eigenvalue weighted by atomic mass is 9.94. The topological polar surface area (TPSA) is 31.4 Å². The second-order valence-corrected chi connectivity index (χ2v) is 5.86. The van der Waals surface area contributed by atoms with Crippen LogP contribution in [0, 0.1) is 0 Å². The lowest BCUT2D eigenvalue weighted by Crippen LogP contribution is -2.15. The maximum Gasteiger partial charge on any atom is 0.161 e. The lowest BCUT2D eigenvalue weighted by molar-refractivity contribution is 0.171.